The zero-order valence-electron chi connectivity index (χ0n) is 13.1. The van der Waals surface area contributed by atoms with Crippen LogP contribution in [0.1, 0.15) is 49.9 Å². The lowest BCUT2D eigenvalue weighted by atomic mass is 9.73. The van der Waals surface area contributed by atoms with Gasteiger partial charge in [0.05, 0.1) is 7.11 Å². The van der Waals surface area contributed by atoms with E-state index in [1.165, 1.54) is 0 Å². The Morgan fingerprint density at radius 2 is 1.95 bits per heavy atom. The molecule has 0 bridgehead atoms. The van der Waals surface area contributed by atoms with Crippen LogP contribution < -0.4 is 4.74 Å². The molecule has 0 spiro atoms. The van der Waals surface area contributed by atoms with Crippen molar-refractivity contribution in [2.45, 2.75) is 39.5 Å². The molecule has 1 aromatic rings. The van der Waals surface area contributed by atoms with Crippen LogP contribution in [0.3, 0.4) is 0 Å². The molecule has 1 aliphatic carbocycles. The summed E-state index contributed by atoms with van der Waals surface area (Å²) in [5.74, 6) is 2.10. The Bertz CT molecular complexity index is 502. The zero-order chi connectivity index (χ0) is 15.4. The van der Waals surface area contributed by atoms with Gasteiger partial charge in [-0.2, -0.15) is 0 Å². The average Bonchev–Trinajstić information content (AvgIpc) is 2.49. The lowest BCUT2D eigenvalue weighted by molar-refractivity contribution is -0.125. The molecule has 1 aliphatic rings. The maximum atomic E-state index is 12.3. The first-order chi connectivity index (χ1) is 10.0. The Kier molecular flexibility index (Phi) is 5.16. The molecule has 0 N–H and O–H groups in total. The lowest BCUT2D eigenvalue weighted by Gasteiger charge is -2.30. The summed E-state index contributed by atoms with van der Waals surface area (Å²) in [7, 11) is 1.60. The van der Waals surface area contributed by atoms with Crippen molar-refractivity contribution >= 4 is 11.6 Å². The number of ether oxygens (including phenoxy) is 1. The van der Waals surface area contributed by atoms with Crippen LogP contribution in [0.15, 0.2) is 24.3 Å². The van der Waals surface area contributed by atoms with Crippen LogP contribution >= 0.6 is 0 Å². The number of Topliss-reactive ketones (excluding diaryl/α,β-unsaturated/α-hetero) is 2. The van der Waals surface area contributed by atoms with Crippen molar-refractivity contribution in [2.75, 3.05) is 7.11 Å². The summed E-state index contributed by atoms with van der Waals surface area (Å²) in [5, 5.41) is 0. The smallest absolute Gasteiger partial charge is 0.163 e. The van der Waals surface area contributed by atoms with E-state index in [0.29, 0.717) is 30.2 Å². The molecule has 0 aromatic heterocycles. The van der Waals surface area contributed by atoms with Crippen molar-refractivity contribution in [1.29, 1.82) is 0 Å². The zero-order valence-corrected chi connectivity index (χ0v) is 13.1. The van der Waals surface area contributed by atoms with Gasteiger partial charge in [0.2, 0.25) is 0 Å². The van der Waals surface area contributed by atoms with Gasteiger partial charge in [0.15, 0.2) is 5.78 Å². The Morgan fingerprint density at radius 1 is 1.29 bits per heavy atom. The van der Waals surface area contributed by atoms with Crippen molar-refractivity contribution in [1.82, 2.24) is 0 Å². The van der Waals surface area contributed by atoms with Crippen LogP contribution in [0.4, 0.5) is 0 Å². The van der Waals surface area contributed by atoms with Crippen molar-refractivity contribution < 1.29 is 14.3 Å². The Balaban J connectivity index is 2.01. The van der Waals surface area contributed by atoms with E-state index in [4.69, 9.17) is 4.74 Å². The highest BCUT2D eigenvalue weighted by Crippen LogP contribution is 2.33. The van der Waals surface area contributed by atoms with E-state index < -0.39 is 0 Å². The van der Waals surface area contributed by atoms with E-state index in [1.807, 2.05) is 0 Å². The number of carbonyl (C=O) groups excluding carboxylic acids is 2. The molecule has 1 saturated carbocycles. The lowest BCUT2D eigenvalue weighted by Crippen LogP contribution is -2.29. The number of hydrogen-bond donors (Lipinski definition) is 0. The molecular weight excluding hydrogens is 264 g/mol. The Morgan fingerprint density at radius 3 is 2.52 bits per heavy atom. The summed E-state index contributed by atoms with van der Waals surface area (Å²) in [6.45, 7) is 4.39. The monoisotopic (exact) mass is 288 g/mol. The second-order valence-electron chi connectivity index (χ2n) is 6.30. The number of benzene rings is 1. The standard InChI is InChI=1S/C18H24O3/c1-12(2)14-6-9-17(19)15(10-14)11-18(20)13-4-7-16(21-3)8-5-13/h4-5,7-8,12,14-15H,6,9-11H2,1-3H3. The van der Waals surface area contributed by atoms with Gasteiger partial charge in [-0.1, -0.05) is 13.8 Å². The topological polar surface area (TPSA) is 43.4 Å². The summed E-state index contributed by atoms with van der Waals surface area (Å²) in [6, 6.07) is 7.11. The summed E-state index contributed by atoms with van der Waals surface area (Å²) in [4.78, 5) is 24.4. The first-order valence-electron chi connectivity index (χ1n) is 7.71. The van der Waals surface area contributed by atoms with Gasteiger partial charge in [0.1, 0.15) is 11.5 Å². The van der Waals surface area contributed by atoms with Gasteiger partial charge in [0.25, 0.3) is 0 Å². The molecule has 2 rings (SSSR count). The minimum absolute atomic E-state index is 0.0559. The van der Waals surface area contributed by atoms with Crippen molar-refractivity contribution in [3.63, 3.8) is 0 Å². The molecule has 1 aromatic carbocycles. The highest BCUT2D eigenvalue weighted by atomic mass is 16.5. The van der Waals surface area contributed by atoms with Gasteiger partial charge >= 0.3 is 0 Å². The van der Waals surface area contributed by atoms with Crippen LogP contribution in [0.25, 0.3) is 0 Å². The number of methoxy groups -OCH3 is 1. The molecule has 3 heteroatoms. The summed E-state index contributed by atoms with van der Waals surface area (Å²) >= 11 is 0. The SMILES string of the molecule is COc1ccc(C(=O)CC2CC(C(C)C)CCC2=O)cc1. The van der Waals surface area contributed by atoms with Gasteiger partial charge in [-0.3, -0.25) is 9.59 Å². The Hall–Kier alpha value is -1.64. The average molecular weight is 288 g/mol. The van der Waals surface area contributed by atoms with Crippen molar-refractivity contribution in [3.8, 4) is 5.75 Å². The maximum absolute atomic E-state index is 12.3. The predicted octanol–water partition coefficient (Wildman–Crippen LogP) is 3.91. The van der Waals surface area contributed by atoms with Gasteiger partial charge in [-0.15, -0.1) is 0 Å². The normalized spacial score (nSPS) is 22.4. The molecule has 3 nitrogen and oxygen atoms in total. The van der Waals surface area contributed by atoms with E-state index in [1.54, 1.807) is 31.4 Å². The van der Waals surface area contributed by atoms with E-state index in [0.717, 1.165) is 18.6 Å². The molecule has 1 fully saturated rings. The second kappa shape index (κ2) is 6.88. The molecule has 2 atom stereocenters. The van der Waals surface area contributed by atoms with Crippen LogP contribution in [0, 0.1) is 17.8 Å². The number of carbonyl (C=O) groups is 2. The Labute approximate surface area is 126 Å². The molecule has 114 valence electrons. The summed E-state index contributed by atoms with van der Waals surface area (Å²) in [6.07, 6.45) is 2.81. The van der Waals surface area contributed by atoms with Crippen molar-refractivity contribution in [2.24, 2.45) is 17.8 Å². The van der Waals surface area contributed by atoms with Crippen LogP contribution in [-0.2, 0) is 4.79 Å². The quantitative estimate of drug-likeness (QED) is 0.772. The van der Waals surface area contributed by atoms with Gasteiger partial charge < -0.3 is 4.74 Å². The minimum Gasteiger partial charge on any atom is -0.497 e. The van der Waals surface area contributed by atoms with Crippen LogP contribution in [0.5, 0.6) is 5.75 Å². The highest BCUT2D eigenvalue weighted by Gasteiger charge is 2.31. The van der Waals surface area contributed by atoms with E-state index >= 15 is 0 Å². The first-order valence-corrected chi connectivity index (χ1v) is 7.71. The molecule has 0 heterocycles. The van der Waals surface area contributed by atoms with Crippen LogP contribution in [0.2, 0.25) is 0 Å². The van der Waals surface area contributed by atoms with Gasteiger partial charge in [-0.25, -0.2) is 0 Å². The fraction of sp³-hybridized carbons (Fsp3) is 0.556. The number of ketones is 2. The molecule has 2 unspecified atom stereocenters. The van der Waals surface area contributed by atoms with Crippen molar-refractivity contribution in [3.05, 3.63) is 29.8 Å². The van der Waals surface area contributed by atoms with E-state index in [-0.39, 0.29) is 17.5 Å². The summed E-state index contributed by atoms with van der Waals surface area (Å²) < 4.78 is 5.09. The number of hydrogen-bond acceptors (Lipinski definition) is 3. The fourth-order valence-electron chi connectivity index (χ4n) is 3.07. The summed E-state index contributed by atoms with van der Waals surface area (Å²) in [5.41, 5.74) is 0.662. The first kappa shape index (κ1) is 15.7. The van der Waals surface area contributed by atoms with Gasteiger partial charge in [0, 0.05) is 24.3 Å². The maximum Gasteiger partial charge on any atom is 0.163 e. The molecule has 0 saturated heterocycles. The van der Waals surface area contributed by atoms with E-state index in [9.17, 15) is 9.59 Å². The molecule has 0 aliphatic heterocycles. The molecular formula is C18H24O3. The third-order valence-corrected chi connectivity index (χ3v) is 4.59. The number of rotatable bonds is 5. The molecule has 0 radical (unpaired) electrons. The second-order valence-corrected chi connectivity index (χ2v) is 6.30. The minimum atomic E-state index is -0.0965. The fourth-order valence-corrected chi connectivity index (χ4v) is 3.07. The third kappa shape index (κ3) is 3.93. The highest BCUT2D eigenvalue weighted by molar-refractivity contribution is 5.99. The predicted molar refractivity (Wildman–Crippen MR) is 82.6 cm³/mol. The van der Waals surface area contributed by atoms with E-state index in [2.05, 4.69) is 13.8 Å². The van der Waals surface area contributed by atoms with Crippen LogP contribution in [-0.4, -0.2) is 18.7 Å². The molecule has 21 heavy (non-hydrogen) atoms. The third-order valence-electron chi connectivity index (χ3n) is 4.59. The largest absolute Gasteiger partial charge is 0.497 e. The van der Waals surface area contributed by atoms with Gasteiger partial charge in [-0.05, 0) is 48.9 Å². The molecule has 0 amide bonds.